The fourth-order valence-corrected chi connectivity index (χ4v) is 7.71. The van der Waals surface area contributed by atoms with Crippen LogP contribution in [-0.4, -0.2) is 6.04 Å². The Morgan fingerprint density at radius 2 is 1.15 bits per heavy atom. The van der Waals surface area contributed by atoms with E-state index < -0.39 is 0 Å². The Morgan fingerprint density at radius 3 is 2.00 bits per heavy atom. The molecule has 0 amide bonds. The highest BCUT2D eigenvalue weighted by atomic mass is 16.3. The van der Waals surface area contributed by atoms with Gasteiger partial charge in [-0.25, -0.2) is 0 Å². The van der Waals surface area contributed by atoms with Crippen LogP contribution in [0.15, 0.2) is 198 Å². The lowest BCUT2D eigenvalue weighted by Crippen LogP contribution is -2.22. The van der Waals surface area contributed by atoms with Crippen molar-refractivity contribution in [1.82, 2.24) is 0 Å². The van der Waals surface area contributed by atoms with E-state index in [1.165, 1.54) is 33.0 Å². The van der Waals surface area contributed by atoms with Crippen molar-refractivity contribution < 1.29 is 4.42 Å². The monoisotopic (exact) mass is 666 g/mol. The average Bonchev–Trinajstić information content (AvgIpc) is 3.58. The molecule has 1 aliphatic heterocycles. The van der Waals surface area contributed by atoms with E-state index in [4.69, 9.17) is 4.42 Å². The lowest BCUT2D eigenvalue weighted by Gasteiger charge is -2.27. The summed E-state index contributed by atoms with van der Waals surface area (Å²) in [5, 5.41) is 7.27. The Kier molecular flexibility index (Phi) is 7.21. The number of benzene rings is 7. The van der Waals surface area contributed by atoms with Gasteiger partial charge in [0.1, 0.15) is 0 Å². The maximum absolute atomic E-state index is 6.80. The lowest BCUT2D eigenvalue weighted by atomic mass is 9.96. The molecule has 1 unspecified atom stereocenters. The molecule has 10 rings (SSSR count). The number of anilines is 4. The molecule has 0 spiro atoms. The van der Waals surface area contributed by atoms with Crippen molar-refractivity contribution in [3.05, 3.63) is 199 Å². The molecule has 0 radical (unpaired) electrons. The molecular weight excluding hydrogens is 633 g/mol. The minimum atomic E-state index is 0.125. The standard InChI is InChI=1S/C49H34N2O/c1-2-12-33(13-3-1)34-26-28-35(29-27-34)37-17-8-19-40(30-37)51(41-20-9-18-38(31-41)43-22-10-16-36-14-4-6-21-42(36)43)46-25-11-23-44-48-47(52-49(44)46)32-39-15-5-7-24-45(39)50-48/h1-32,45,50H. The molecule has 2 heterocycles. The summed E-state index contributed by atoms with van der Waals surface area (Å²) in [5.74, 6) is 0.852. The van der Waals surface area contributed by atoms with Crippen molar-refractivity contribution in [3.63, 3.8) is 0 Å². The maximum Gasteiger partial charge on any atom is 0.160 e. The van der Waals surface area contributed by atoms with E-state index in [2.05, 4.69) is 204 Å². The number of fused-ring (bicyclic) bond motifs is 5. The molecule has 3 heteroatoms. The summed E-state index contributed by atoms with van der Waals surface area (Å²) in [5.41, 5.74) is 13.2. The van der Waals surface area contributed by atoms with E-state index in [0.29, 0.717) is 0 Å². The molecule has 0 saturated carbocycles. The number of para-hydroxylation sites is 1. The van der Waals surface area contributed by atoms with Gasteiger partial charge in [0.05, 0.1) is 17.4 Å². The first-order chi connectivity index (χ1) is 25.8. The van der Waals surface area contributed by atoms with Crippen LogP contribution < -0.4 is 10.2 Å². The highest BCUT2D eigenvalue weighted by Crippen LogP contribution is 2.46. The van der Waals surface area contributed by atoms with Gasteiger partial charge < -0.3 is 14.6 Å². The van der Waals surface area contributed by atoms with Crippen molar-refractivity contribution in [2.75, 3.05) is 10.2 Å². The molecule has 8 aromatic rings. The first kappa shape index (κ1) is 30.0. The smallest absolute Gasteiger partial charge is 0.160 e. The number of nitrogens with zero attached hydrogens (tertiary/aromatic N) is 1. The Bertz CT molecular complexity index is 2710. The van der Waals surface area contributed by atoms with E-state index in [0.717, 1.165) is 56.2 Å². The second kappa shape index (κ2) is 12.5. The van der Waals surface area contributed by atoms with Crippen molar-refractivity contribution in [3.8, 4) is 33.4 Å². The van der Waals surface area contributed by atoms with Gasteiger partial charge in [-0.15, -0.1) is 0 Å². The van der Waals surface area contributed by atoms with Gasteiger partial charge in [-0.2, -0.15) is 0 Å². The minimum Gasteiger partial charge on any atom is -0.452 e. The summed E-state index contributed by atoms with van der Waals surface area (Å²) in [6, 6.07) is 58.8. The second-order valence-corrected chi connectivity index (χ2v) is 13.4. The van der Waals surface area contributed by atoms with Crippen molar-refractivity contribution >= 4 is 50.6 Å². The Morgan fingerprint density at radius 1 is 0.519 bits per heavy atom. The third kappa shape index (κ3) is 5.23. The molecule has 1 aliphatic carbocycles. The summed E-state index contributed by atoms with van der Waals surface area (Å²) < 4.78 is 6.80. The van der Waals surface area contributed by atoms with Crippen LogP contribution in [0.4, 0.5) is 22.7 Å². The zero-order valence-electron chi connectivity index (χ0n) is 28.4. The molecule has 3 nitrogen and oxygen atoms in total. The third-order valence-electron chi connectivity index (χ3n) is 10.3. The second-order valence-electron chi connectivity index (χ2n) is 13.4. The largest absolute Gasteiger partial charge is 0.452 e. The van der Waals surface area contributed by atoms with E-state index in [1.807, 2.05) is 0 Å². The molecule has 0 bridgehead atoms. The van der Waals surface area contributed by atoms with E-state index in [-0.39, 0.29) is 6.04 Å². The average molecular weight is 667 g/mol. The molecule has 2 aliphatic rings. The van der Waals surface area contributed by atoms with Crippen LogP contribution in [0.1, 0.15) is 5.76 Å². The van der Waals surface area contributed by atoms with Crippen LogP contribution in [0.25, 0.3) is 61.2 Å². The van der Waals surface area contributed by atoms with Crippen LogP contribution in [0, 0.1) is 0 Å². The van der Waals surface area contributed by atoms with Gasteiger partial charge in [0.15, 0.2) is 11.3 Å². The van der Waals surface area contributed by atoms with E-state index >= 15 is 0 Å². The van der Waals surface area contributed by atoms with Crippen molar-refractivity contribution in [2.45, 2.75) is 6.04 Å². The zero-order chi connectivity index (χ0) is 34.4. The summed E-state index contributed by atoms with van der Waals surface area (Å²) in [7, 11) is 0. The van der Waals surface area contributed by atoms with Crippen LogP contribution in [0.3, 0.4) is 0 Å². The van der Waals surface area contributed by atoms with Gasteiger partial charge in [-0.1, -0.05) is 152 Å². The van der Waals surface area contributed by atoms with Crippen LogP contribution in [0.5, 0.6) is 0 Å². The van der Waals surface area contributed by atoms with Gasteiger partial charge in [0.2, 0.25) is 0 Å². The molecular formula is C49H34N2O. The molecule has 246 valence electrons. The van der Waals surface area contributed by atoms with E-state index in [1.54, 1.807) is 0 Å². The number of hydrogen-bond acceptors (Lipinski definition) is 3. The van der Waals surface area contributed by atoms with Gasteiger partial charge in [-0.05, 0) is 92.2 Å². The van der Waals surface area contributed by atoms with Gasteiger partial charge in [-0.3, -0.25) is 0 Å². The fourth-order valence-electron chi connectivity index (χ4n) is 7.71. The first-order valence-electron chi connectivity index (χ1n) is 17.8. The zero-order valence-corrected chi connectivity index (χ0v) is 28.4. The predicted molar refractivity (Wildman–Crippen MR) is 218 cm³/mol. The minimum absolute atomic E-state index is 0.125. The topological polar surface area (TPSA) is 28.4 Å². The number of allylic oxidation sites excluding steroid dienone is 2. The van der Waals surface area contributed by atoms with Gasteiger partial charge >= 0.3 is 0 Å². The SMILES string of the molecule is C1=CC2=Cc3oc4c(N(c5cccc(-c6ccc(-c7ccccc7)cc6)c5)c5cccc(-c6cccc7ccccc67)c5)cccc4c3NC2C=C1. The number of rotatable bonds is 6. The van der Waals surface area contributed by atoms with Crippen molar-refractivity contribution in [1.29, 1.82) is 0 Å². The number of hydrogen-bond donors (Lipinski definition) is 1. The Labute approximate surface area is 303 Å². The van der Waals surface area contributed by atoms with Crippen LogP contribution >= 0.6 is 0 Å². The van der Waals surface area contributed by atoms with Crippen LogP contribution in [-0.2, 0) is 0 Å². The van der Waals surface area contributed by atoms with Crippen LogP contribution in [0.2, 0.25) is 0 Å². The maximum atomic E-state index is 6.80. The normalized spacial score (nSPS) is 14.5. The first-order valence-corrected chi connectivity index (χ1v) is 17.8. The molecule has 1 atom stereocenters. The van der Waals surface area contributed by atoms with Gasteiger partial charge in [0.25, 0.3) is 0 Å². The van der Waals surface area contributed by atoms with Crippen molar-refractivity contribution in [2.24, 2.45) is 0 Å². The predicted octanol–water partition coefficient (Wildman–Crippen LogP) is 13.4. The molecule has 0 saturated heterocycles. The molecule has 1 aromatic heterocycles. The Balaban J connectivity index is 1.14. The van der Waals surface area contributed by atoms with E-state index in [9.17, 15) is 0 Å². The number of furan rings is 1. The number of nitrogens with one attached hydrogen (secondary N) is 1. The molecule has 0 fully saturated rings. The summed E-state index contributed by atoms with van der Waals surface area (Å²) in [6.07, 6.45) is 10.7. The fraction of sp³-hybridized carbons (Fsp3) is 0.0204. The summed E-state index contributed by atoms with van der Waals surface area (Å²) >= 11 is 0. The molecule has 1 N–H and O–H groups in total. The highest BCUT2D eigenvalue weighted by molar-refractivity contribution is 6.05. The molecule has 7 aromatic carbocycles. The highest BCUT2D eigenvalue weighted by Gasteiger charge is 2.27. The summed E-state index contributed by atoms with van der Waals surface area (Å²) in [6.45, 7) is 0. The Hall–Kier alpha value is -6.84. The third-order valence-corrected chi connectivity index (χ3v) is 10.3. The quantitative estimate of drug-likeness (QED) is 0.191. The lowest BCUT2D eigenvalue weighted by molar-refractivity contribution is 0.603. The molecule has 52 heavy (non-hydrogen) atoms. The summed E-state index contributed by atoms with van der Waals surface area (Å²) in [4.78, 5) is 2.34. The van der Waals surface area contributed by atoms with Gasteiger partial charge in [0, 0.05) is 16.8 Å².